The molecule has 22 heavy (non-hydrogen) atoms. The van der Waals surface area contributed by atoms with Crippen molar-refractivity contribution in [3.05, 3.63) is 10.3 Å². The lowest BCUT2D eigenvalue weighted by Gasteiger charge is -2.42. The maximum Gasteiger partial charge on any atom is 0.268 e. The number of nitrogens with one attached hydrogen (secondary N) is 1. The number of fused-ring (bicyclic) bond motifs is 2. The lowest BCUT2D eigenvalue weighted by Crippen LogP contribution is -2.64. The predicted molar refractivity (Wildman–Crippen MR) is 79.6 cm³/mol. The summed E-state index contributed by atoms with van der Waals surface area (Å²) in [5, 5.41) is 4.68. The van der Waals surface area contributed by atoms with Gasteiger partial charge in [0, 0.05) is 38.1 Å². The van der Waals surface area contributed by atoms with Crippen LogP contribution in [0.25, 0.3) is 0 Å². The molecule has 2 saturated heterocycles. The molecule has 7 nitrogen and oxygen atoms in total. The van der Waals surface area contributed by atoms with Crippen LogP contribution >= 0.6 is 11.3 Å². The second kappa shape index (κ2) is 5.44. The van der Waals surface area contributed by atoms with Gasteiger partial charge in [0.05, 0.1) is 0 Å². The van der Waals surface area contributed by atoms with Crippen LogP contribution in [0.2, 0.25) is 0 Å². The number of ether oxygens (including phenoxy) is 2. The van der Waals surface area contributed by atoms with Crippen molar-refractivity contribution >= 4 is 23.2 Å². The third-order valence-corrected chi connectivity index (χ3v) is 5.20. The molecule has 0 saturated carbocycles. The summed E-state index contributed by atoms with van der Waals surface area (Å²) in [4.78, 5) is 29.2. The molecule has 3 aliphatic rings. The SMILES string of the molecule is O=C1NCCN2CCN(C(=O)c3scc4c3OCCO4)CC12. The van der Waals surface area contributed by atoms with Crippen molar-refractivity contribution in [3.63, 3.8) is 0 Å². The molecule has 1 aromatic heterocycles. The lowest BCUT2D eigenvalue weighted by molar-refractivity contribution is -0.131. The second-order valence-electron chi connectivity index (χ2n) is 5.55. The van der Waals surface area contributed by atoms with Gasteiger partial charge in [-0.25, -0.2) is 0 Å². The molecule has 8 heteroatoms. The number of thiophene rings is 1. The van der Waals surface area contributed by atoms with Crippen LogP contribution in [-0.4, -0.2) is 73.6 Å². The maximum absolute atomic E-state index is 12.8. The van der Waals surface area contributed by atoms with Gasteiger partial charge in [0.25, 0.3) is 5.91 Å². The highest BCUT2D eigenvalue weighted by Crippen LogP contribution is 2.40. The minimum Gasteiger partial charge on any atom is -0.485 e. The molecule has 0 spiro atoms. The van der Waals surface area contributed by atoms with Crippen LogP contribution in [0, 0.1) is 0 Å². The second-order valence-corrected chi connectivity index (χ2v) is 6.43. The first-order valence-electron chi connectivity index (χ1n) is 7.42. The van der Waals surface area contributed by atoms with Gasteiger partial charge >= 0.3 is 0 Å². The topological polar surface area (TPSA) is 71.1 Å². The zero-order valence-electron chi connectivity index (χ0n) is 12.0. The molecule has 1 N–H and O–H groups in total. The number of amides is 2. The van der Waals surface area contributed by atoms with Crippen LogP contribution in [0.4, 0.5) is 0 Å². The van der Waals surface area contributed by atoms with Crippen LogP contribution in [0.3, 0.4) is 0 Å². The van der Waals surface area contributed by atoms with Crippen molar-refractivity contribution in [2.45, 2.75) is 6.04 Å². The number of nitrogens with zero attached hydrogens (tertiary/aromatic N) is 2. The zero-order valence-corrected chi connectivity index (χ0v) is 12.9. The van der Waals surface area contributed by atoms with Gasteiger partial charge < -0.3 is 19.7 Å². The van der Waals surface area contributed by atoms with Gasteiger partial charge in [-0.1, -0.05) is 0 Å². The molecular weight excluding hydrogens is 306 g/mol. The van der Waals surface area contributed by atoms with E-state index in [2.05, 4.69) is 10.2 Å². The average Bonchev–Trinajstić information content (AvgIpc) is 2.98. The monoisotopic (exact) mass is 323 g/mol. The highest BCUT2D eigenvalue weighted by molar-refractivity contribution is 7.12. The minimum atomic E-state index is -0.237. The summed E-state index contributed by atoms with van der Waals surface area (Å²) in [5.74, 6) is 1.14. The molecule has 0 radical (unpaired) electrons. The quantitative estimate of drug-likeness (QED) is 0.773. The average molecular weight is 323 g/mol. The van der Waals surface area contributed by atoms with Crippen molar-refractivity contribution in [2.75, 3.05) is 45.9 Å². The molecule has 2 fully saturated rings. The molecule has 4 heterocycles. The van der Waals surface area contributed by atoms with E-state index in [1.807, 2.05) is 5.38 Å². The Morgan fingerprint density at radius 3 is 3.05 bits per heavy atom. The highest BCUT2D eigenvalue weighted by atomic mass is 32.1. The molecule has 4 rings (SSSR count). The first-order chi connectivity index (χ1) is 10.7. The van der Waals surface area contributed by atoms with Crippen molar-refractivity contribution in [1.82, 2.24) is 15.1 Å². The molecule has 3 aliphatic heterocycles. The fourth-order valence-corrected chi connectivity index (χ4v) is 4.01. The van der Waals surface area contributed by atoms with Crippen LogP contribution in [0.15, 0.2) is 5.38 Å². The number of carbonyl (C=O) groups is 2. The molecule has 1 aromatic rings. The van der Waals surface area contributed by atoms with E-state index in [0.717, 1.165) is 13.1 Å². The Kier molecular flexibility index (Phi) is 3.42. The fraction of sp³-hybridized carbons (Fsp3) is 0.571. The van der Waals surface area contributed by atoms with E-state index in [0.29, 0.717) is 49.2 Å². The molecular formula is C14H17N3O4S. The van der Waals surface area contributed by atoms with Crippen LogP contribution in [0.1, 0.15) is 9.67 Å². The molecule has 0 aliphatic carbocycles. The first kappa shape index (κ1) is 13.8. The van der Waals surface area contributed by atoms with E-state index in [1.54, 1.807) is 4.90 Å². The lowest BCUT2D eigenvalue weighted by atomic mass is 10.1. The van der Waals surface area contributed by atoms with E-state index in [-0.39, 0.29) is 17.9 Å². The normalized spacial score (nSPS) is 24.6. The Morgan fingerprint density at radius 2 is 2.14 bits per heavy atom. The van der Waals surface area contributed by atoms with Gasteiger partial charge in [0.15, 0.2) is 11.5 Å². The molecule has 2 amide bonds. The van der Waals surface area contributed by atoms with Crippen molar-refractivity contribution in [3.8, 4) is 11.5 Å². The molecule has 0 bridgehead atoms. The number of hydrogen-bond donors (Lipinski definition) is 1. The summed E-state index contributed by atoms with van der Waals surface area (Å²) in [6.07, 6.45) is 0. The van der Waals surface area contributed by atoms with E-state index in [4.69, 9.17) is 9.47 Å². The summed E-state index contributed by atoms with van der Waals surface area (Å²) in [6, 6.07) is -0.237. The van der Waals surface area contributed by atoms with E-state index in [9.17, 15) is 9.59 Å². The number of piperazine rings is 2. The minimum absolute atomic E-state index is 0.0107. The predicted octanol–water partition coefficient (Wildman–Crippen LogP) is -0.224. The first-order valence-corrected chi connectivity index (χ1v) is 8.30. The van der Waals surface area contributed by atoms with Crippen LogP contribution in [0.5, 0.6) is 11.5 Å². The van der Waals surface area contributed by atoms with Crippen molar-refractivity contribution in [1.29, 1.82) is 0 Å². The Hall–Kier alpha value is -1.80. The van der Waals surface area contributed by atoms with Crippen molar-refractivity contribution < 1.29 is 19.1 Å². The van der Waals surface area contributed by atoms with Gasteiger partial charge in [0.1, 0.15) is 24.1 Å². The summed E-state index contributed by atoms with van der Waals surface area (Å²) in [5.41, 5.74) is 0. The Labute approximate surface area is 131 Å². The summed E-state index contributed by atoms with van der Waals surface area (Å²) >= 11 is 1.34. The Morgan fingerprint density at radius 1 is 1.27 bits per heavy atom. The van der Waals surface area contributed by atoms with Gasteiger partial charge in [-0.2, -0.15) is 0 Å². The Bertz CT molecular complexity index is 617. The van der Waals surface area contributed by atoms with Gasteiger partial charge in [0.2, 0.25) is 5.91 Å². The van der Waals surface area contributed by atoms with Crippen LogP contribution in [-0.2, 0) is 4.79 Å². The highest BCUT2D eigenvalue weighted by Gasteiger charge is 2.37. The summed E-state index contributed by atoms with van der Waals surface area (Å²) in [7, 11) is 0. The number of rotatable bonds is 1. The third-order valence-electron chi connectivity index (χ3n) is 4.27. The van der Waals surface area contributed by atoms with E-state index < -0.39 is 0 Å². The molecule has 1 atom stereocenters. The maximum atomic E-state index is 12.8. The number of hydrogen-bond acceptors (Lipinski definition) is 6. The largest absolute Gasteiger partial charge is 0.485 e. The van der Waals surface area contributed by atoms with Gasteiger partial charge in [-0.3, -0.25) is 14.5 Å². The van der Waals surface area contributed by atoms with E-state index in [1.165, 1.54) is 11.3 Å². The summed E-state index contributed by atoms with van der Waals surface area (Å²) in [6.45, 7) is 4.31. The zero-order chi connectivity index (χ0) is 15.1. The number of carbonyl (C=O) groups excluding carboxylic acids is 2. The van der Waals surface area contributed by atoms with Gasteiger partial charge in [-0.05, 0) is 0 Å². The third kappa shape index (κ3) is 2.22. The molecule has 0 aromatic carbocycles. The molecule has 1 unspecified atom stereocenters. The van der Waals surface area contributed by atoms with Crippen molar-refractivity contribution in [2.24, 2.45) is 0 Å². The smallest absolute Gasteiger partial charge is 0.268 e. The van der Waals surface area contributed by atoms with Crippen LogP contribution < -0.4 is 14.8 Å². The standard InChI is InChI=1S/C14H17N3O4S/c18-13-9-7-17(4-3-16(9)2-1-15-13)14(19)12-11-10(8-22-12)20-5-6-21-11/h8-9H,1-7H2,(H,15,18). The van der Waals surface area contributed by atoms with E-state index >= 15 is 0 Å². The van der Waals surface area contributed by atoms with Gasteiger partial charge in [-0.15, -0.1) is 11.3 Å². The fourth-order valence-electron chi connectivity index (χ4n) is 3.12. The summed E-state index contributed by atoms with van der Waals surface area (Å²) < 4.78 is 11.1. The molecule has 118 valence electrons. The Balaban J connectivity index is 1.53.